The Balaban J connectivity index is 3.60. The summed E-state index contributed by atoms with van der Waals surface area (Å²) in [5, 5.41) is 18.2. The molecule has 18 heavy (non-hydrogen) atoms. The predicted octanol–water partition coefficient (Wildman–Crippen LogP) is 3.33. The highest BCUT2D eigenvalue weighted by molar-refractivity contribution is 6.02. The molecule has 98 valence electrons. The molecule has 0 saturated carbocycles. The highest BCUT2D eigenvalue weighted by Gasteiger charge is 2.21. The van der Waals surface area contributed by atoms with E-state index < -0.39 is 11.9 Å². The first-order valence-corrected chi connectivity index (χ1v) is 5.90. The number of hydrogen-bond acceptors (Lipinski definition) is 2. The van der Waals surface area contributed by atoms with Crippen LogP contribution in [0.2, 0.25) is 0 Å². The molecule has 4 heteroatoms. The predicted molar refractivity (Wildman–Crippen MR) is 68.5 cm³/mol. The van der Waals surface area contributed by atoms with Crippen LogP contribution in [0.15, 0.2) is 12.1 Å². The summed E-state index contributed by atoms with van der Waals surface area (Å²) in [6.07, 6.45) is 0. The SMILES string of the molecule is CC(C)c1cc(C(=O)O)c(C(=O)O)cc1C(C)C. The van der Waals surface area contributed by atoms with E-state index in [9.17, 15) is 9.59 Å². The number of carboxylic acids is 2. The van der Waals surface area contributed by atoms with Crippen LogP contribution in [0.1, 0.15) is 71.4 Å². The number of carboxylic acid groups (broad SMARTS) is 2. The van der Waals surface area contributed by atoms with Crippen molar-refractivity contribution in [1.29, 1.82) is 0 Å². The van der Waals surface area contributed by atoms with E-state index in [1.165, 1.54) is 12.1 Å². The molecule has 2 N–H and O–H groups in total. The van der Waals surface area contributed by atoms with Gasteiger partial charge in [-0.05, 0) is 35.1 Å². The molecule has 0 amide bonds. The van der Waals surface area contributed by atoms with Gasteiger partial charge < -0.3 is 10.2 Å². The summed E-state index contributed by atoms with van der Waals surface area (Å²) in [5.41, 5.74) is 1.51. The summed E-state index contributed by atoms with van der Waals surface area (Å²) < 4.78 is 0. The molecule has 0 radical (unpaired) electrons. The molecule has 0 aromatic heterocycles. The number of hydrogen-bond donors (Lipinski definition) is 2. The van der Waals surface area contributed by atoms with Crippen LogP contribution in [0.3, 0.4) is 0 Å². The van der Waals surface area contributed by atoms with Gasteiger partial charge in [0.2, 0.25) is 0 Å². The summed E-state index contributed by atoms with van der Waals surface area (Å²) in [6, 6.07) is 2.98. The molecule has 0 bridgehead atoms. The van der Waals surface area contributed by atoms with E-state index in [-0.39, 0.29) is 23.0 Å². The fourth-order valence-electron chi connectivity index (χ4n) is 1.99. The first kappa shape index (κ1) is 14.2. The lowest BCUT2D eigenvalue weighted by Gasteiger charge is -2.18. The molecule has 0 unspecified atom stereocenters. The summed E-state index contributed by atoms with van der Waals surface area (Å²) in [7, 11) is 0. The highest BCUT2D eigenvalue weighted by Crippen LogP contribution is 2.29. The summed E-state index contributed by atoms with van der Waals surface area (Å²) in [5.74, 6) is -2.10. The highest BCUT2D eigenvalue weighted by atomic mass is 16.4. The summed E-state index contributed by atoms with van der Waals surface area (Å²) in [6.45, 7) is 7.86. The Morgan fingerprint density at radius 2 is 1.11 bits per heavy atom. The van der Waals surface area contributed by atoms with Crippen LogP contribution in [-0.4, -0.2) is 22.2 Å². The Bertz CT molecular complexity index is 442. The minimum absolute atomic E-state index is 0.143. The Kier molecular flexibility index (Phi) is 4.11. The van der Waals surface area contributed by atoms with Crippen LogP contribution in [0.25, 0.3) is 0 Å². The number of carbonyl (C=O) groups is 2. The molecule has 1 aromatic carbocycles. The van der Waals surface area contributed by atoms with Crippen LogP contribution < -0.4 is 0 Å². The van der Waals surface area contributed by atoms with Gasteiger partial charge in [0.25, 0.3) is 0 Å². The van der Waals surface area contributed by atoms with Gasteiger partial charge in [0, 0.05) is 0 Å². The van der Waals surface area contributed by atoms with Gasteiger partial charge in [0.05, 0.1) is 11.1 Å². The van der Waals surface area contributed by atoms with Crippen molar-refractivity contribution in [2.75, 3.05) is 0 Å². The van der Waals surface area contributed by atoms with Crippen molar-refractivity contribution in [3.63, 3.8) is 0 Å². The van der Waals surface area contributed by atoms with E-state index in [2.05, 4.69) is 0 Å². The maximum absolute atomic E-state index is 11.1. The zero-order valence-electron chi connectivity index (χ0n) is 11.0. The molecule has 0 atom stereocenters. The van der Waals surface area contributed by atoms with Gasteiger partial charge in [-0.1, -0.05) is 27.7 Å². The van der Waals surface area contributed by atoms with Crippen molar-refractivity contribution in [1.82, 2.24) is 0 Å². The summed E-state index contributed by atoms with van der Waals surface area (Å²) >= 11 is 0. The second-order valence-corrected chi connectivity index (χ2v) is 4.95. The molecular weight excluding hydrogens is 232 g/mol. The minimum atomic E-state index is -1.20. The molecule has 0 aliphatic heterocycles. The first-order valence-electron chi connectivity index (χ1n) is 5.90. The maximum Gasteiger partial charge on any atom is 0.336 e. The van der Waals surface area contributed by atoms with Crippen molar-refractivity contribution in [3.8, 4) is 0 Å². The summed E-state index contributed by atoms with van der Waals surface area (Å²) in [4.78, 5) is 22.2. The lowest BCUT2D eigenvalue weighted by molar-refractivity contribution is 0.0651. The smallest absolute Gasteiger partial charge is 0.336 e. The number of aromatic carboxylic acids is 2. The topological polar surface area (TPSA) is 74.6 Å². The van der Waals surface area contributed by atoms with Crippen molar-refractivity contribution in [3.05, 3.63) is 34.4 Å². The van der Waals surface area contributed by atoms with Gasteiger partial charge in [0.1, 0.15) is 0 Å². The molecule has 0 aliphatic rings. The molecule has 1 rings (SSSR count). The third kappa shape index (κ3) is 2.70. The maximum atomic E-state index is 11.1. The lowest BCUT2D eigenvalue weighted by atomic mass is 9.87. The third-order valence-electron chi connectivity index (χ3n) is 2.93. The number of rotatable bonds is 4. The van der Waals surface area contributed by atoms with E-state index in [1.807, 2.05) is 27.7 Å². The van der Waals surface area contributed by atoms with Gasteiger partial charge in [-0.15, -0.1) is 0 Å². The Hall–Kier alpha value is -1.84. The zero-order chi connectivity index (χ0) is 14.0. The second-order valence-electron chi connectivity index (χ2n) is 4.95. The van der Waals surface area contributed by atoms with Crippen molar-refractivity contribution in [2.24, 2.45) is 0 Å². The zero-order valence-corrected chi connectivity index (χ0v) is 11.0. The fourth-order valence-corrected chi connectivity index (χ4v) is 1.99. The quantitative estimate of drug-likeness (QED) is 0.859. The normalized spacial score (nSPS) is 11.0. The molecule has 1 aromatic rings. The van der Waals surface area contributed by atoms with Crippen molar-refractivity contribution < 1.29 is 19.8 Å². The first-order chi connectivity index (χ1) is 8.25. The molecule has 0 fully saturated rings. The van der Waals surface area contributed by atoms with Gasteiger partial charge in [0.15, 0.2) is 0 Å². The van der Waals surface area contributed by atoms with Crippen molar-refractivity contribution >= 4 is 11.9 Å². The molecular formula is C14H18O4. The molecule has 0 aliphatic carbocycles. The van der Waals surface area contributed by atoms with Gasteiger partial charge in [-0.2, -0.15) is 0 Å². The fraction of sp³-hybridized carbons (Fsp3) is 0.429. The Morgan fingerprint density at radius 3 is 1.28 bits per heavy atom. The average molecular weight is 250 g/mol. The standard InChI is InChI=1S/C14H18O4/c1-7(2)9-5-11(13(15)16)12(14(17)18)6-10(9)8(3)4/h5-8H,1-4H3,(H,15,16)(H,17,18). The Morgan fingerprint density at radius 1 is 0.833 bits per heavy atom. The van der Waals surface area contributed by atoms with E-state index >= 15 is 0 Å². The van der Waals surface area contributed by atoms with E-state index in [4.69, 9.17) is 10.2 Å². The van der Waals surface area contributed by atoms with Crippen LogP contribution in [-0.2, 0) is 0 Å². The minimum Gasteiger partial charge on any atom is -0.478 e. The largest absolute Gasteiger partial charge is 0.478 e. The number of benzene rings is 1. The van der Waals surface area contributed by atoms with E-state index in [0.717, 1.165) is 11.1 Å². The van der Waals surface area contributed by atoms with Gasteiger partial charge >= 0.3 is 11.9 Å². The molecule has 0 spiro atoms. The van der Waals surface area contributed by atoms with E-state index in [1.54, 1.807) is 0 Å². The van der Waals surface area contributed by atoms with Crippen LogP contribution in [0, 0.1) is 0 Å². The molecule has 4 nitrogen and oxygen atoms in total. The lowest BCUT2D eigenvalue weighted by Crippen LogP contribution is -2.12. The van der Waals surface area contributed by atoms with Crippen molar-refractivity contribution in [2.45, 2.75) is 39.5 Å². The third-order valence-corrected chi connectivity index (χ3v) is 2.93. The van der Waals surface area contributed by atoms with Crippen LogP contribution in [0.4, 0.5) is 0 Å². The van der Waals surface area contributed by atoms with E-state index in [0.29, 0.717) is 0 Å². The molecule has 0 saturated heterocycles. The van der Waals surface area contributed by atoms with Gasteiger partial charge in [-0.3, -0.25) is 0 Å². The monoisotopic (exact) mass is 250 g/mol. The van der Waals surface area contributed by atoms with Gasteiger partial charge in [-0.25, -0.2) is 9.59 Å². The average Bonchev–Trinajstić information content (AvgIpc) is 2.26. The van der Waals surface area contributed by atoms with Crippen LogP contribution >= 0.6 is 0 Å². The second kappa shape index (κ2) is 5.21. The van der Waals surface area contributed by atoms with Crippen LogP contribution in [0.5, 0.6) is 0 Å². The molecule has 0 heterocycles. The Labute approximate surface area is 106 Å².